The lowest BCUT2D eigenvalue weighted by atomic mass is 10.2. The van der Waals surface area contributed by atoms with E-state index >= 15 is 0 Å². The second-order valence-electron chi connectivity index (χ2n) is 3.33. The van der Waals surface area contributed by atoms with E-state index < -0.39 is 5.97 Å². The van der Waals surface area contributed by atoms with Gasteiger partial charge in [0.1, 0.15) is 6.54 Å². The number of nitrogens with one attached hydrogen (secondary N) is 2. The van der Waals surface area contributed by atoms with Gasteiger partial charge in [0, 0.05) is 6.54 Å². The Morgan fingerprint density at radius 3 is 2.30 bits per heavy atom. The lowest BCUT2D eigenvalue weighted by Gasteiger charge is -2.07. The fourth-order valence-electron chi connectivity index (χ4n) is 1.21. The molecule has 0 aliphatic heterocycles. The number of rotatable bonds is 5. The number of ether oxygens (including phenoxy) is 1. The zero-order valence-corrected chi connectivity index (χ0v) is 12.5. The summed E-state index contributed by atoms with van der Waals surface area (Å²) in [6, 6.07) is 9.13. The van der Waals surface area contributed by atoms with E-state index in [9.17, 15) is 9.59 Å². The Bertz CT molecular complexity index is 374. The average molecular weight is 304 g/mol. The summed E-state index contributed by atoms with van der Waals surface area (Å²) >= 11 is 0. The molecule has 1 aromatic carbocycles. The van der Waals surface area contributed by atoms with Crippen molar-refractivity contribution in [1.29, 1.82) is 0 Å². The van der Waals surface area contributed by atoms with Crippen molar-refractivity contribution in [3.05, 3.63) is 35.9 Å². The first-order valence-corrected chi connectivity index (χ1v) is 6.01. The van der Waals surface area contributed by atoms with Crippen molar-refractivity contribution < 1.29 is 14.3 Å². The summed E-state index contributed by atoms with van der Waals surface area (Å²) in [4.78, 5) is 22.3. The topological polar surface area (TPSA) is 93.4 Å². The number of halogens is 1. The van der Waals surface area contributed by atoms with Crippen LogP contribution >= 0.6 is 12.4 Å². The number of nitrogens with two attached hydrogens (primary N) is 1. The maximum Gasteiger partial charge on any atom is 0.325 e. The molecular weight excluding hydrogens is 282 g/mol. The summed E-state index contributed by atoms with van der Waals surface area (Å²) in [5.74, 6) is -0.442. The van der Waals surface area contributed by atoms with Crippen LogP contribution in [0.1, 0.15) is 12.5 Å². The van der Waals surface area contributed by atoms with Gasteiger partial charge in [-0.25, -0.2) is 4.79 Å². The second-order valence-corrected chi connectivity index (χ2v) is 3.33. The fourth-order valence-corrected chi connectivity index (χ4v) is 1.21. The zero-order valence-electron chi connectivity index (χ0n) is 11.7. The van der Waals surface area contributed by atoms with Crippen molar-refractivity contribution in [2.24, 2.45) is 5.73 Å². The van der Waals surface area contributed by atoms with Crippen molar-refractivity contribution >= 4 is 24.4 Å². The fraction of sp³-hybridized carbons (Fsp3) is 0.385. The van der Waals surface area contributed by atoms with E-state index in [1.807, 2.05) is 30.3 Å². The zero-order chi connectivity index (χ0) is 14.5. The molecule has 0 aromatic heterocycles. The van der Waals surface area contributed by atoms with E-state index in [0.29, 0.717) is 13.2 Å². The molecule has 4 N–H and O–H groups in total. The molecule has 1 rings (SSSR count). The molecule has 0 bridgehead atoms. The third-order valence-electron chi connectivity index (χ3n) is 1.99. The van der Waals surface area contributed by atoms with Crippen LogP contribution in [0.4, 0.5) is 4.79 Å². The second kappa shape index (κ2) is 13.6. The van der Waals surface area contributed by atoms with E-state index in [0.717, 1.165) is 5.56 Å². The summed E-state index contributed by atoms with van der Waals surface area (Å²) in [6.45, 7) is 2.34. The Balaban J connectivity index is 0. The molecule has 0 atom stereocenters. The van der Waals surface area contributed by atoms with Crippen molar-refractivity contribution in [2.75, 3.05) is 20.2 Å². The van der Waals surface area contributed by atoms with Crippen molar-refractivity contribution in [3.63, 3.8) is 0 Å². The van der Waals surface area contributed by atoms with Crippen LogP contribution in [0.5, 0.6) is 0 Å². The molecule has 0 radical (unpaired) electrons. The lowest BCUT2D eigenvalue weighted by Crippen LogP contribution is -2.38. The number of urea groups is 1. The molecule has 0 spiro atoms. The number of hydrogen-bond acceptors (Lipinski definition) is 4. The van der Waals surface area contributed by atoms with Gasteiger partial charge in [-0.15, -0.1) is 12.4 Å². The van der Waals surface area contributed by atoms with Gasteiger partial charge in [-0.2, -0.15) is 0 Å². The number of hydrogen-bond donors (Lipinski definition) is 3. The minimum atomic E-state index is -0.442. The van der Waals surface area contributed by atoms with Gasteiger partial charge in [-0.1, -0.05) is 30.3 Å². The predicted octanol–water partition coefficient (Wildman–Crippen LogP) is 1.05. The minimum Gasteiger partial charge on any atom is -0.465 e. The molecule has 114 valence electrons. The lowest BCUT2D eigenvalue weighted by molar-refractivity contribution is -0.141. The molecule has 2 amide bonds. The highest BCUT2D eigenvalue weighted by molar-refractivity contribution is 5.85. The molecule has 7 heteroatoms. The summed E-state index contributed by atoms with van der Waals surface area (Å²) in [7, 11) is 1.50. The van der Waals surface area contributed by atoms with Crippen LogP contribution in [0.2, 0.25) is 0 Å². The monoisotopic (exact) mass is 303 g/mol. The molecule has 20 heavy (non-hydrogen) atoms. The van der Waals surface area contributed by atoms with Crippen LogP contribution in [0.3, 0.4) is 0 Å². The van der Waals surface area contributed by atoms with E-state index in [1.54, 1.807) is 6.92 Å². The van der Waals surface area contributed by atoms with Gasteiger partial charge in [0.25, 0.3) is 0 Å². The van der Waals surface area contributed by atoms with Crippen molar-refractivity contribution in [3.8, 4) is 0 Å². The van der Waals surface area contributed by atoms with Crippen LogP contribution in [-0.2, 0) is 16.1 Å². The quantitative estimate of drug-likeness (QED) is 0.709. The molecule has 0 heterocycles. The molecule has 1 aromatic rings. The smallest absolute Gasteiger partial charge is 0.325 e. The molecule has 0 saturated heterocycles. The first kappa shape index (κ1) is 20.5. The SMILES string of the molecule is CCOC(=O)CNC(=O)NCc1ccccc1.CN.Cl. The molecule has 6 nitrogen and oxygen atoms in total. The van der Waals surface area contributed by atoms with Crippen LogP contribution < -0.4 is 16.4 Å². The predicted molar refractivity (Wildman–Crippen MR) is 80.7 cm³/mol. The molecule has 0 aliphatic rings. The van der Waals surface area contributed by atoms with Gasteiger partial charge < -0.3 is 21.1 Å². The van der Waals surface area contributed by atoms with Crippen molar-refractivity contribution in [1.82, 2.24) is 10.6 Å². The number of amides is 2. The van der Waals surface area contributed by atoms with Gasteiger partial charge in [0.05, 0.1) is 6.61 Å². The maximum absolute atomic E-state index is 11.3. The summed E-state index contributed by atoms with van der Waals surface area (Å²) in [5.41, 5.74) is 5.50. The van der Waals surface area contributed by atoms with Crippen LogP contribution in [0, 0.1) is 0 Å². The molecule has 0 saturated carbocycles. The van der Waals surface area contributed by atoms with Gasteiger partial charge in [-0.05, 0) is 19.5 Å². The first-order chi connectivity index (χ1) is 9.22. The van der Waals surface area contributed by atoms with Crippen molar-refractivity contribution in [2.45, 2.75) is 13.5 Å². The van der Waals surface area contributed by atoms with Gasteiger partial charge in [0.2, 0.25) is 0 Å². The Morgan fingerprint density at radius 2 is 1.75 bits per heavy atom. The Morgan fingerprint density at radius 1 is 1.15 bits per heavy atom. The highest BCUT2D eigenvalue weighted by Crippen LogP contribution is 1.96. The Hall–Kier alpha value is -1.79. The van der Waals surface area contributed by atoms with E-state index in [4.69, 9.17) is 0 Å². The normalized spacial score (nSPS) is 8.35. The van der Waals surface area contributed by atoms with Gasteiger partial charge in [0.15, 0.2) is 0 Å². The summed E-state index contributed by atoms with van der Waals surface area (Å²) < 4.78 is 4.67. The molecule has 0 unspecified atom stereocenters. The van der Waals surface area contributed by atoms with Crippen LogP contribution in [0.25, 0.3) is 0 Å². The number of esters is 1. The van der Waals surface area contributed by atoms with Crippen LogP contribution in [0.15, 0.2) is 30.3 Å². The van der Waals surface area contributed by atoms with E-state index in [-0.39, 0.29) is 25.0 Å². The minimum absolute atomic E-state index is 0. The summed E-state index contributed by atoms with van der Waals surface area (Å²) in [5, 5.41) is 5.05. The van der Waals surface area contributed by atoms with E-state index in [2.05, 4.69) is 21.1 Å². The first-order valence-electron chi connectivity index (χ1n) is 6.01. The van der Waals surface area contributed by atoms with Gasteiger partial charge in [-0.3, -0.25) is 4.79 Å². The average Bonchev–Trinajstić information content (AvgIpc) is 2.46. The van der Waals surface area contributed by atoms with E-state index in [1.165, 1.54) is 7.05 Å². The Labute approximate surface area is 125 Å². The third-order valence-corrected chi connectivity index (χ3v) is 1.99. The number of carbonyl (C=O) groups is 2. The third kappa shape index (κ3) is 10.2. The largest absolute Gasteiger partial charge is 0.465 e. The molecular formula is C13H22ClN3O3. The standard InChI is InChI=1S/C12H16N2O3.CH5N.ClH/c1-2-17-11(15)9-14-12(16)13-8-10-6-4-3-5-7-10;1-2;/h3-7H,2,8-9H2,1H3,(H2,13,14,16);2H2,1H3;1H. The molecule has 0 fully saturated rings. The maximum atomic E-state index is 11.3. The van der Waals surface area contributed by atoms with Crippen LogP contribution in [-0.4, -0.2) is 32.2 Å². The molecule has 0 aliphatic carbocycles. The van der Waals surface area contributed by atoms with Gasteiger partial charge >= 0.3 is 12.0 Å². The number of benzene rings is 1. The summed E-state index contributed by atoms with van der Waals surface area (Å²) in [6.07, 6.45) is 0. The number of carbonyl (C=O) groups excluding carboxylic acids is 2. The highest BCUT2D eigenvalue weighted by Gasteiger charge is 2.04. The Kier molecular flexibility index (Phi) is 14.0. The highest BCUT2D eigenvalue weighted by atomic mass is 35.5.